The van der Waals surface area contributed by atoms with E-state index < -0.39 is 105 Å². The average Bonchev–Trinajstić information content (AvgIpc) is 3.28. The molecule has 17 N–H and O–H groups in total. The summed E-state index contributed by atoms with van der Waals surface area (Å²) in [4.78, 5) is 0. The number of aliphatic hydroxyl groups is 6. The average molecular weight is 625 g/mol. The predicted octanol–water partition coefficient (Wildman–Crippen LogP) is -7.09. The molecule has 0 aromatic rings. The predicted molar refractivity (Wildman–Crippen MR) is 146 cm³/mol. The highest BCUT2D eigenvalue weighted by molar-refractivity contribution is 5.05. The van der Waals surface area contributed by atoms with E-state index in [0.717, 1.165) is 0 Å². The van der Waals surface area contributed by atoms with Crippen LogP contribution in [0.5, 0.6) is 0 Å². The number of hydrogen-bond donors (Lipinski definition) is 12. The van der Waals surface area contributed by atoms with Crippen LogP contribution in [0.15, 0.2) is 11.8 Å². The summed E-state index contributed by atoms with van der Waals surface area (Å²) in [6.07, 6.45) is -12.6. The van der Waals surface area contributed by atoms with Crippen LogP contribution in [0.2, 0.25) is 0 Å². The lowest BCUT2D eigenvalue weighted by atomic mass is 9.84. The Balaban J connectivity index is 1.46. The van der Waals surface area contributed by atoms with E-state index in [9.17, 15) is 25.5 Å². The minimum absolute atomic E-state index is 0.0429. The Morgan fingerprint density at radius 1 is 0.767 bits per heavy atom. The van der Waals surface area contributed by atoms with Gasteiger partial charge in [0.15, 0.2) is 12.6 Å². The Kier molecular flexibility index (Phi) is 12.5. The van der Waals surface area contributed by atoms with Gasteiger partial charge in [0, 0.05) is 25.2 Å². The van der Waals surface area contributed by atoms with Crippen molar-refractivity contribution in [2.75, 3.05) is 32.8 Å². The smallest absolute Gasteiger partial charge is 0.215 e. The molecule has 3 fully saturated rings. The Morgan fingerprint density at radius 2 is 1.44 bits per heavy atom. The quantitative estimate of drug-likeness (QED) is 0.0897. The van der Waals surface area contributed by atoms with Crippen molar-refractivity contribution in [1.29, 1.82) is 0 Å². The van der Waals surface area contributed by atoms with Crippen LogP contribution in [0.25, 0.3) is 0 Å². The second-order valence-electron chi connectivity index (χ2n) is 11.4. The summed E-state index contributed by atoms with van der Waals surface area (Å²) in [5.74, 6) is 0.553. The summed E-state index contributed by atoms with van der Waals surface area (Å²) in [7, 11) is 0. The van der Waals surface area contributed by atoms with Gasteiger partial charge in [-0.2, -0.15) is 0 Å². The zero-order valence-corrected chi connectivity index (χ0v) is 23.8. The largest absolute Gasteiger partial charge is 0.467 e. The fourth-order valence-electron chi connectivity index (χ4n) is 5.67. The second kappa shape index (κ2) is 15.4. The van der Waals surface area contributed by atoms with Crippen molar-refractivity contribution < 1.29 is 59.1 Å². The molecular weight excluding hydrogens is 576 g/mol. The number of aliphatic hydroxyl groups excluding tert-OH is 6. The third kappa shape index (κ3) is 7.81. The molecule has 0 spiro atoms. The third-order valence-corrected chi connectivity index (χ3v) is 8.21. The maximum Gasteiger partial charge on any atom is 0.215 e. The molecule has 18 nitrogen and oxygen atoms in total. The summed E-state index contributed by atoms with van der Waals surface area (Å²) >= 11 is 0. The Bertz CT molecular complexity index is 909. The fourth-order valence-corrected chi connectivity index (χ4v) is 5.67. The van der Waals surface area contributed by atoms with E-state index in [1.165, 1.54) is 0 Å². The van der Waals surface area contributed by atoms with Crippen molar-refractivity contribution in [2.24, 2.45) is 28.7 Å². The van der Waals surface area contributed by atoms with Gasteiger partial charge in [0.05, 0.1) is 37.9 Å². The first kappa shape index (κ1) is 34.7. The van der Waals surface area contributed by atoms with E-state index in [0.29, 0.717) is 25.3 Å². The maximum atomic E-state index is 11.2. The fraction of sp³-hybridized carbons (Fsp3) is 0.920. The van der Waals surface area contributed by atoms with Crippen molar-refractivity contribution in [3.63, 3.8) is 0 Å². The normalized spacial score (nSPS) is 47.3. The first-order chi connectivity index (χ1) is 20.5. The Morgan fingerprint density at radius 3 is 2.12 bits per heavy atom. The van der Waals surface area contributed by atoms with Gasteiger partial charge >= 0.3 is 0 Å². The lowest BCUT2D eigenvalue weighted by Crippen LogP contribution is -2.65. The molecule has 0 aromatic heterocycles. The minimum Gasteiger partial charge on any atom is -0.467 e. The van der Waals surface area contributed by atoms with Gasteiger partial charge in [-0.15, -0.1) is 0 Å². The molecule has 16 atom stereocenters. The molecule has 4 aliphatic rings. The molecule has 4 rings (SSSR count). The van der Waals surface area contributed by atoms with Crippen LogP contribution in [0.3, 0.4) is 0 Å². The van der Waals surface area contributed by atoms with Crippen LogP contribution in [0.4, 0.5) is 0 Å². The molecule has 18 heteroatoms. The molecule has 0 unspecified atom stereocenters. The van der Waals surface area contributed by atoms with Crippen LogP contribution in [0, 0.1) is 0 Å². The summed E-state index contributed by atoms with van der Waals surface area (Å²) < 4.78 is 35.3. The summed E-state index contributed by atoms with van der Waals surface area (Å²) in [6, 6.07) is -3.31. The third-order valence-electron chi connectivity index (χ3n) is 8.21. The van der Waals surface area contributed by atoms with Crippen LogP contribution < -0.4 is 34.0 Å². The Hall–Kier alpha value is -1.14. The minimum atomic E-state index is -1.55. The summed E-state index contributed by atoms with van der Waals surface area (Å²) in [5, 5.41) is 64.7. The molecule has 2 saturated heterocycles. The molecule has 1 aliphatic carbocycles. The molecular formula is C25H48N6O12. The van der Waals surface area contributed by atoms with Crippen molar-refractivity contribution in [3.8, 4) is 0 Å². The van der Waals surface area contributed by atoms with E-state index in [4.69, 9.17) is 62.2 Å². The molecule has 0 bridgehead atoms. The first-order valence-corrected chi connectivity index (χ1v) is 14.5. The number of nitrogens with two attached hydrogens (primary N) is 5. The van der Waals surface area contributed by atoms with E-state index in [-0.39, 0.29) is 19.6 Å². The maximum absolute atomic E-state index is 11.2. The number of rotatable bonds is 12. The molecule has 0 radical (unpaired) electrons. The lowest BCUT2D eigenvalue weighted by molar-refractivity contribution is -0.282. The van der Waals surface area contributed by atoms with E-state index in [1.54, 1.807) is 0 Å². The van der Waals surface area contributed by atoms with Crippen LogP contribution in [-0.4, -0.2) is 161 Å². The van der Waals surface area contributed by atoms with Crippen molar-refractivity contribution in [1.82, 2.24) is 5.32 Å². The molecule has 0 aromatic carbocycles. The van der Waals surface area contributed by atoms with Gasteiger partial charge in [0.2, 0.25) is 6.29 Å². The standard InChI is InChI=1S/C25H48N6O12/c26-6-13-17(35)18(36)15(30)24(39-13)42-21-14(8-33)40-25(19(21)37)43-22-16(34)11(28)5-12(29)20(22)41-23-10(27)2-1-9(38-23)7-31-3-4-32/h1,10-25,31-37H,2-8,26-30H2/t10-,11-,12+,13+,14-,15-,16+,17-,18-,19-,20-,21-,22-,23-,24-,25+/m1/s1. The van der Waals surface area contributed by atoms with Gasteiger partial charge in [0.1, 0.15) is 54.6 Å². The molecule has 0 amide bonds. The highest BCUT2D eigenvalue weighted by Gasteiger charge is 2.53. The van der Waals surface area contributed by atoms with Crippen LogP contribution in [0.1, 0.15) is 12.8 Å². The SMILES string of the molecule is NC[C@@H]1O[C@H](O[C@H]2[C@@H](O)[C@H](O[C@@H]3[C@@H](O)[C@H](N)C[C@H](N)[C@H]3O[C@H]3OC(CNCCO)=CC[C@H]3N)O[C@@H]2CO)[C@H](N)[C@@H](O)[C@@H]1O. The van der Waals surface area contributed by atoms with Gasteiger partial charge < -0.3 is 93.0 Å². The van der Waals surface area contributed by atoms with Gasteiger partial charge in [0.25, 0.3) is 0 Å². The monoisotopic (exact) mass is 624 g/mol. The molecule has 250 valence electrons. The number of hydrogen-bond acceptors (Lipinski definition) is 18. The Labute approximate surface area is 248 Å². The van der Waals surface area contributed by atoms with Crippen molar-refractivity contribution in [2.45, 2.75) is 111 Å². The summed E-state index contributed by atoms with van der Waals surface area (Å²) in [6.45, 7) is -0.0935. The number of ether oxygens (including phenoxy) is 6. The number of nitrogens with one attached hydrogen (secondary N) is 1. The van der Waals surface area contributed by atoms with Gasteiger partial charge in [-0.3, -0.25) is 0 Å². The molecule has 3 heterocycles. The van der Waals surface area contributed by atoms with Gasteiger partial charge in [-0.25, -0.2) is 0 Å². The first-order valence-electron chi connectivity index (χ1n) is 14.5. The second-order valence-corrected chi connectivity index (χ2v) is 11.4. The molecule has 43 heavy (non-hydrogen) atoms. The van der Waals surface area contributed by atoms with E-state index >= 15 is 0 Å². The van der Waals surface area contributed by atoms with Crippen molar-refractivity contribution >= 4 is 0 Å². The van der Waals surface area contributed by atoms with E-state index in [1.807, 2.05) is 6.08 Å². The topological polar surface area (TPSA) is 319 Å². The summed E-state index contributed by atoms with van der Waals surface area (Å²) in [5.41, 5.74) is 30.4. The zero-order valence-electron chi connectivity index (χ0n) is 23.8. The zero-order chi connectivity index (χ0) is 31.4. The van der Waals surface area contributed by atoms with Crippen LogP contribution in [-0.2, 0) is 28.4 Å². The van der Waals surface area contributed by atoms with Gasteiger partial charge in [-0.1, -0.05) is 0 Å². The van der Waals surface area contributed by atoms with Crippen LogP contribution >= 0.6 is 0 Å². The van der Waals surface area contributed by atoms with E-state index in [2.05, 4.69) is 5.32 Å². The lowest BCUT2D eigenvalue weighted by Gasteiger charge is -2.45. The highest BCUT2D eigenvalue weighted by Crippen LogP contribution is 2.34. The van der Waals surface area contributed by atoms with Gasteiger partial charge in [-0.05, 0) is 18.9 Å². The van der Waals surface area contributed by atoms with Crippen molar-refractivity contribution in [3.05, 3.63) is 11.8 Å². The molecule has 1 saturated carbocycles. The highest BCUT2D eigenvalue weighted by atomic mass is 16.8. The molecule has 3 aliphatic heterocycles.